The van der Waals surface area contributed by atoms with Crippen LogP contribution in [0.4, 0.5) is 0 Å². The number of hydrogen-bond acceptors (Lipinski definition) is 3. The Morgan fingerprint density at radius 1 is 1.09 bits per heavy atom. The molecule has 1 N–H and O–H groups in total. The molecule has 6 heteroatoms. The monoisotopic (exact) mass is 345 g/mol. The third-order valence-electron chi connectivity index (χ3n) is 2.94. The van der Waals surface area contributed by atoms with Crippen LogP contribution in [0.15, 0.2) is 29.2 Å². The Morgan fingerprint density at radius 2 is 1.59 bits per heavy atom. The van der Waals surface area contributed by atoms with E-state index in [9.17, 15) is 13.2 Å². The lowest BCUT2D eigenvalue weighted by Gasteiger charge is -2.33. The molecule has 0 aromatic heterocycles. The third kappa shape index (κ3) is 6.36. The highest BCUT2D eigenvalue weighted by atomic mass is 35.5. The molecular formula is C16H24ClNO3S. The number of hydrogen-bond donors (Lipinski definition) is 1. The van der Waals surface area contributed by atoms with Gasteiger partial charge < -0.3 is 5.32 Å². The summed E-state index contributed by atoms with van der Waals surface area (Å²) >= 11 is 5.74. The fraction of sp³-hybridized carbons (Fsp3) is 0.562. The van der Waals surface area contributed by atoms with Crippen molar-refractivity contribution in [1.29, 1.82) is 0 Å². The van der Waals surface area contributed by atoms with Crippen LogP contribution < -0.4 is 5.32 Å². The van der Waals surface area contributed by atoms with Gasteiger partial charge >= 0.3 is 0 Å². The van der Waals surface area contributed by atoms with Crippen LogP contribution in [0.3, 0.4) is 0 Å². The van der Waals surface area contributed by atoms with Gasteiger partial charge in [0.25, 0.3) is 0 Å². The lowest BCUT2D eigenvalue weighted by Crippen LogP contribution is -2.47. The minimum absolute atomic E-state index is 0.0336. The SMILES string of the molecule is CC(C)(C)CC(C)(C)NC(=O)CS(=O)(=O)c1ccc(Cl)cc1. The van der Waals surface area contributed by atoms with Crippen molar-refractivity contribution < 1.29 is 13.2 Å². The van der Waals surface area contributed by atoms with Crippen molar-refractivity contribution in [2.24, 2.45) is 5.41 Å². The number of rotatable bonds is 5. The standard InChI is InChI=1S/C16H24ClNO3S/c1-15(2,3)11-16(4,5)18-14(19)10-22(20,21)13-8-6-12(17)7-9-13/h6-9H,10-11H2,1-5H3,(H,18,19). The number of sulfone groups is 1. The highest BCUT2D eigenvalue weighted by molar-refractivity contribution is 7.92. The van der Waals surface area contributed by atoms with Gasteiger partial charge in [-0.25, -0.2) is 8.42 Å². The first-order chi connectivity index (χ1) is 9.81. The molecule has 124 valence electrons. The van der Waals surface area contributed by atoms with Crippen LogP contribution in [-0.4, -0.2) is 25.6 Å². The van der Waals surface area contributed by atoms with E-state index in [0.717, 1.165) is 6.42 Å². The summed E-state index contributed by atoms with van der Waals surface area (Å²) in [5.74, 6) is -1.06. The molecular weight excluding hydrogens is 322 g/mol. The Hall–Kier alpha value is -1.07. The summed E-state index contributed by atoms with van der Waals surface area (Å²) in [4.78, 5) is 12.2. The summed E-state index contributed by atoms with van der Waals surface area (Å²) in [5.41, 5.74) is -0.434. The molecule has 0 heterocycles. The van der Waals surface area contributed by atoms with Crippen LogP contribution in [-0.2, 0) is 14.6 Å². The Labute approximate surface area is 138 Å². The lowest BCUT2D eigenvalue weighted by atomic mass is 9.82. The first kappa shape index (κ1) is 19.0. The van der Waals surface area contributed by atoms with Crippen molar-refractivity contribution in [3.05, 3.63) is 29.3 Å². The van der Waals surface area contributed by atoms with E-state index in [4.69, 9.17) is 11.6 Å². The summed E-state index contributed by atoms with van der Waals surface area (Å²) in [7, 11) is -3.66. The highest BCUT2D eigenvalue weighted by Gasteiger charge is 2.29. The molecule has 0 atom stereocenters. The molecule has 22 heavy (non-hydrogen) atoms. The Morgan fingerprint density at radius 3 is 2.05 bits per heavy atom. The third-order valence-corrected chi connectivity index (χ3v) is 4.83. The molecule has 0 aliphatic carbocycles. The van der Waals surface area contributed by atoms with Crippen molar-refractivity contribution >= 4 is 27.3 Å². The topological polar surface area (TPSA) is 63.2 Å². The number of carbonyl (C=O) groups is 1. The average Bonchev–Trinajstić information content (AvgIpc) is 2.23. The van der Waals surface area contributed by atoms with Gasteiger partial charge in [0.05, 0.1) is 4.90 Å². The van der Waals surface area contributed by atoms with Crippen LogP contribution >= 0.6 is 11.6 Å². The predicted molar refractivity (Wildman–Crippen MR) is 89.8 cm³/mol. The van der Waals surface area contributed by atoms with Crippen molar-refractivity contribution in [1.82, 2.24) is 5.32 Å². The van der Waals surface area contributed by atoms with Crippen molar-refractivity contribution in [2.75, 3.05) is 5.75 Å². The minimum atomic E-state index is -3.66. The highest BCUT2D eigenvalue weighted by Crippen LogP contribution is 2.26. The number of nitrogens with one attached hydrogen (secondary N) is 1. The first-order valence-corrected chi connectivity index (χ1v) is 9.13. The zero-order chi connectivity index (χ0) is 17.2. The molecule has 4 nitrogen and oxygen atoms in total. The maximum absolute atomic E-state index is 12.2. The normalized spacial score (nSPS) is 13.0. The second-order valence-electron chi connectivity index (χ2n) is 7.38. The van der Waals surface area contributed by atoms with Crippen LogP contribution in [0.5, 0.6) is 0 Å². The molecule has 0 radical (unpaired) electrons. The van der Waals surface area contributed by atoms with Gasteiger partial charge in [-0.2, -0.15) is 0 Å². The summed E-state index contributed by atoms with van der Waals surface area (Å²) in [6.07, 6.45) is 0.743. The minimum Gasteiger partial charge on any atom is -0.350 e. The molecule has 0 spiro atoms. The average molecular weight is 346 g/mol. The quantitative estimate of drug-likeness (QED) is 0.889. The second-order valence-corrected chi connectivity index (χ2v) is 9.81. The fourth-order valence-corrected chi connectivity index (χ4v) is 3.94. The number of benzene rings is 1. The number of carbonyl (C=O) groups excluding carboxylic acids is 1. The van der Waals surface area contributed by atoms with E-state index in [-0.39, 0.29) is 10.3 Å². The molecule has 1 aromatic carbocycles. The molecule has 1 aromatic rings. The van der Waals surface area contributed by atoms with E-state index in [1.54, 1.807) is 0 Å². The number of halogens is 1. The van der Waals surface area contributed by atoms with E-state index in [1.807, 2.05) is 13.8 Å². The van der Waals surface area contributed by atoms with E-state index in [1.165, 1.54) is 24.3 Å². The Bertz CT molecular complexity index is 628. The predicted octanol–water partition coefficient (Wildman–Crippen LogP) is 3.44. The maximum Gasteiger partial charge on any atom is 0.235 e. The second kappa shape index (κ2) is 6.59. The fourth-order valence-electron chi connectivity index (χ4n) is 2.68. The molecule has 1 rings (SSSR count). The van der Waals surface area contributed by atoms with Crippen molar-refractivity contribution in [2.45, 2.75) is 51.5 Å². The van der Waals surface area contributed by atoms with Gasteiger partial charge in [-0.05, 0) is 49.9 Å². The summed E-state index contributed by atoms with van der Waals surface area (Å²) in [5, 5.41) is 3.26. The number of amides is 1. The molecule has 0 saturated heterocycles. The lowest BCUT2D eigenvalue weighted by molar-refractivity contribution is -0.120. The largest absolute Gasteiger partial charge is 0.350 e. The van der Waals surface area contributed by atoms with Gasteiger partial charge in [0, 0.05) is 10.6 Å². The zero-order valence-corrected chi connectivity index (χ0v) is 15.3. The van der Waals surface area contributed by atoms with Gasteiger partial charge in [0.2, 0.25) is 5.91 Å². The van der Waals surface area contributed by atoms with Crippen LogP contribution in [0, 0.1) is 5.41 Å². The Kier molecular flexibility index (Phi) is 5.68. The molecule has 1 amide bonds. The van der Waals surface area contributed by atoms with Crippen molar-refractivity contribution in [3.8, 4) is 0 Å². The molecule has 0 unspecified atom stereocenters. The van der Waals surface area contributed by atoms with Crippen LogP contribution in [0.25, 0.3) is 0 Å². The molecule has 0 bridgehead atoms. The van der Waals surface area contributed by atoms with Gasteiger partial charge in [-0.3, -0.25) is 4.79 Å². The van der Waals surface area contributed by atoms with Gasteiger partial charge in [0.1, 0.15) is 5.75 Å². The van der Waals surface area contributed by atoms with Crippen LogP contribution in [0.1, 0.15) is 41.0 Å². The Balaban J connectivity index is 2.77. The summed E-state index contributed by atoms with van der Waals surface area (Å²) in [6, 6.07) is 5.81. The van der Waals surface area contributed by atoms with E-state index in [0.29, 0.717) is 5.02 Å². The molecule has 0 aliphatic rings. The van der Waals surface area contributed by atoms with Gasteiger partial charge in [-0.1, -0.05) is 32.4 Å². The molecule has 0 saturated carbocycles. The first-order valence-electron chi connectivity index (χ1n) is 7.10. The van der Waals surface area contributed by atoms with Crippen LogP contribution in [0.2, 0.25) is 5.02 Å². The summed E-state index contributed by atoms with van der Waals surface area (Å²) < 4.78 is 24.4. The van der Waals surface area contributed by atoms with E-state index >= 15 is 0 Å². The molecule has 0 fully saturated rings. The van der Waals surface area contributed by atoms with E-state index < -0.39 is 27.0 Å². The zero-order valence-electron chi connectivity index (χ0n) is 13.7. The maximum atomic E-state index is 12.2. The smallest absolute Gasteiger partial charge is 0.235 e. The summed E-state index contributed by atoms with van der Waals surface area (Å²) in [6.45, 7) is 10.0. The van der Waals surface area contributed by atoms with Gasteiger partial charge in [-0.15, -0.1) is 0 Å². The van der Waals surface area contributed by atoms with Crippen molar-refractivity contribution in [3.63, 3.8) is 0 Å². The van der Waals surface area contributed by atoms with Gasteiger partial charge in [0.15, 0.2) is 9.84 Å². The molecule has 0 aliphatic heterocycles. The van der Waals surface area contributed by atoms with E-state index in [2.05, 4.69) is 26.1 Å².